The predicted octanol–water partition coefficient (Wildman–Crippen LogP) is 7.11. The van der Waals surface area contributed by atoms with Gasteiger partial charge in [0.1, 0.15) is 11.5 Å². The molecule has 0 bridgehead atoms. The molecule has 0 amide bonds. The molecule has 4 nitrogen and oxygen atoms in total. The van der Waals surface area contributed by atoms with E-state index in [2.05, 4.69) is 34.1 Å². The highest BCUT2D eigenvalue weighted by molar-refractivity contribution is 6.31. The van der Waals surface area contributed by atoms with Crippen LogP contribution in [0.1, 0.15) is 22.3 Å². The lowest BCUT2D eigenvalue weighted by Crippen LogP contribution is -2.34. The summed E-state index contributed by atoms with van der Waals surface area (Å²) in [6, 6.07) is 30.9. The highest BCUT2D eigenvalue weighted by atomic mass is 35.5. The monoisotopic (exact) mass is 520 g/mol. The molecule has 0 saturated heterocycles. The SMILES string of the molecule is Oc1ccc(Cl)cc1CN(CCN(Cc1ccccc1)Cc1cc(Cl)ccc1O)Cc1ccccc1. The van der Waals surface area contributed by atoms with E-state index < -0.39 is 0 Å². The van der Waals surface area contributed by atoms with E-state index in [-0.39, 0.29) is 11.5 Å². The zero-order valence-electron chi connectivity index (χ0n) is 20.0. The van der Waals surface area contributed by atoms with Gasteiger partial charge >= 0.3 is 0 Å². The van der Waals surface area contributed by atoms with Gasteiger partial charge in [-0.2, -0.15) is 0 Å². The third-order valence-corrected chi connectivity index (χ3v) is 6.57. The van der Waals surface area contributed by atoms with E-state index in [0.29, 0.717) is 23.1 Å². The van der Waals surface area contributed by atoms with E-state index in [1.807, 2.05) is 48.5 Å². The standard InChI is InChI=1S/C30H30Cl2N2O2/c31-27-11-13-29(35)25(17-27)21-33(19-23-7-3-1-4-8-23)15-16-34(20-24-9-5-2-6-10-24)22-26-18-28(32)12-14-30(26)36/h1-14,17-18,35-36H,15-16,19-22H2. The largest absolute Gasteiger partial charge is 0.508 e. The van der Waals surface area contributed by atoms with E-state index in [1.54, 1.807) is 24.3 Å². The fraction of sp³-hybridized carbons (Fsp3) is 0.200. The Morgan fingerprint density at radius 1 is 0.500 bits per heavy atom. The van der Waals surface area contributed by atoms with E-state index in [4.69, 9.17) is 23.2 Å². The molecule has 2 N–H and O–H groups in total. The number of phenols is 2. The predicted molar refractivity (Wildman–Crippen MR) is 147 cm³/mol. The highest BCUT2D eigenvalue weighted by Crippen LogP contribution is 2.25. The van der Waals surface area contributed by atoms with Gasteiger partial charge in [-0.15, -0.1) is 0 Å². The van der Waals surface area contributed by atoms with Crippen LogP contribution in [0, 0.1) is 0 Å². The summed E-state index contributed by atoms with van der Waals surface area (Å²) >= 11 is 12.4. The Kier molecular flexibility index (Phi) is 9.26. The lowest BCUT2D eigenvalue weighted by molar-refractivity contribution is 0.180. The molecule has 0 heterocycles. The number of rotatable bonds is 11. The van der Waals surface area contributed by atoms with Crippen LogP contribution in [-0.4, -0.2) is 33.1 Å². The number of aromatic hydroxyl groups is 2. The van der Waals surface area contributed by atoms with E-state index in [9.17, 15) is 10.2 Å². The van der Waals surface area contributed by atoms with Crippen molar-refractivity contribution < 1.29 is 10.2 Å². The molecule has 0 saturated carbocycles. The molecule has 0 spiro atoms. The number of benzene rings is 4. The molecule has 0 unspecified atom stereocenters. The average molecular weight is 521 g/mol. The van der Waals surface area contributed by atoms with Crippen molar-refractivity contribution in [2.75, 3.05) is 13.1 Å². The second kappa shape index (κ2) is 12.8. The molecule has 4 aromatic rings. The summed E-state index contributed by atoms with van der Waals surface area (Å²) in [5, 5.41) is 22.1. The molecule has 0 fully saturated rings. The number of nitrogens with zero attached hydrogens (tertiary/aromatic N) is 2. The third-order valence-electron chi connectivity index (χ3n) is 6.10. The summed E-state index contributed by atoms with van der Waals surface area (Å²) in [4.78, 5) is 4.60. The first-order valence-electron chi connectivity index (χ1n) is 11.9. The second-order valence-corrected chi connectivity index (χ2v) is 9.81. The van der Waals surface area contributed by atoms with Gasteiger partial charge in [0, 0.05) is 60.4 Å². The summed E-state index contributed by atoms with van der Waals surface area (Å²) in [7, 11) is 0. The maximum absolute atomic E-state index is 10.4. The summed E-state index contributed by atoms with van der Waals surface area (Å²) in [6.45, 7) is 4.07. The average Bonchev–Trinajstić information content (AvgIpc) is 2.88. The van der Waals surface area contributed by atoms with Crippen LogP contribution < -0.4 is 0 Å². The lowest BCUT2D eigenvalue weighted by Gasteiger charge is -2.28. The minimum absolute atomic E-state index is 0.238. The molecule has 0 aliphatic rings. The first-order valence-corrected chi connectivity index (χ1v) is 12.7. The van der Waals surface area contributed by atoms with Gasteiger partial charge in [-0.25, -0.2) is 0 Å². The minimum atomic E-state index is 0.238. The first-order chi connectivity index (χ1) is 17.5. The highest BCUT2D eigenvalue weighted by Gasteiger charge is 2.15. The van der Waals surface area contributed by atoms with Gasteiger partial charge in [0.25, 0.3) is 0 Å². The van der Waals surface area contributed by atoms with Gasteiger partial charge in [-0.05, 0) is 47.5 Å². The number of phenolic OH excluding ortho intramolecular Hbond substituents is 2. The van der Waals surface area contributed by atoms with Crippen molar-refractivity contribution in [1.29, 1.82) is 0 Å². The molecular formula is C30H30Cl2N2O2. The second-order valence-electron chi connectivity index (χ2n) is 8.94. The van der Waals surface area contributed by atoms with Crippen LogP contribution in [0.4, 0.5) is 0 Å². The minimum Gasteiger partial charge on any atom is -0.508 e. The normalized spacial score (nSPS) is 11.3. The van der Waals surface area contributed by atoms with Crippen LogP contribution >= 0.6 is 23.2 Å². The molecule has 0 radical (unpaired) electrons. The lowest BCUT2D eigenvalue weighted by atomic mass is 10.1. The Morgan fingerprint density at radius 2 is 0.889 bits per heavy atom. The van der Waals surface area contributed by atoms with E-state index >= 15 is 0 Å². The maximum Gasteiger partial charge on any atom is 0.120 e. The zero-order valence-corrected chi connectivity index (χ0v) is 21.5. The van der Waals surface area contributed by atoms with Crippen LogP contribution in [0.25, 0.3) is 0 Å². The number of hydrogen-bond donors (Lipinski definition) is 2. The van der Waals surface area contributed by atoms with Crippen LogP contribution in [0.2, 0.25) is 10.0 Å². The van der Waals surface area contributed by atoms with Crippen molar-refractivity contribution in [3.05, 3.63) is 129 Å². The Morgan fingerprint density at radius 3 is 1.28 bits per heavy atom. The van der Waals surface area contributed by atoms with Crippen LogP contribution in [0.15, 0.2) is 97.1 Å². The van der Waals surface area contributed by atoms with E-state index in [1.165, 1.54) is 11.1 Å². The van der Waals surface area contributed by atoms with Crippen molar-refractivity contribution in [1.82, 2.24) is 9.80 Å². The van der Waals surface area contributed by atoms with E-state index in [0.717, 1.165) is 37.3 Å². The van der Waals surface area contributed by atoms with Crippen LogP contribution in [0.3, 0.4) is 0 Å². The Bertz CT molecular complexity index is 1150. The summed E-state index contributed by atoms with van der Waals surface area (Å²) < 4.78 is 0. The van der Waals surface area contributed by atoms with Crippen molar-refractivity contribution in [2.24, 2.45) is 0 Å². The molecule has 0 aliphatic carbocycles. The molecule has 0 aromatic heterocycles. The molecule has 186 valence electrons. The quantitative estimate of drug-likeness (QED) is 0.221. The van der Waals surface area contributed by atoms with Crippen LogP contribution in [0.5, 0.6) is 11.5 Å². The number of hydrogen-bond acceptors (Lipinski definition) is 4. The van der Waals surface area contributed by atoms with Crippen molar-refractivity contribution in [2.45, 2.75) is 26.2 Å². The Balaban J connectivity index is 1.54. The third kappa shape index (κ3) is 7.74. The Labute approximate surface area is 223 Å². The van der Waals surface area contributed by atoms with Crippen molar-refractivity contribution in [3.63, 3.8) is 0 Å². The summed E-state index contributed by atoms with van der Waals surface area (Å²) in [6.07, 6.45) is 0. The van der Waals surface area contributed by atoms with Gasteiger partial charge in [0.2, 0.25) is 0 Å². The fourth-order valence-corrected chi connectivity index (χ4v) is 4.63. The molecule has 4 aromatic carbocycles. The topological polar surface area (TPSA) is 46.9 Å². The molecule has 36 heavy (non-hydrogen) atoms. The van der Waals surface area contributed by atoms with Gasteiger partial charge in [-0.1, -0.05) is 83.9 Å². The maximum atomic E-state index is 10.4. The smallest absolute Gasteiger partial charge is 0.120 e. The van der Waals surface area contributed by atoms with Crippen LogP contribution in [-0.2, 0) is 26.2 Å². The summed E-state index contributed by atoms with van der Waals surface area (Å²) in [5.41, 5.74) is 3.98. The molecular weight excluding hydrogens is 491 g/mol. The van der Waals surface area contributed by atoms with Crippen molar-refractivity contribution >= 4 is 23.2 Å². The molecule has 0 aliphatic heterocycles. The van der Waals surface area contributed by atoms with Gasteiger partial charge < -0.3 is 10.2 Å². The van der Waals surface area contributed by atoms with Gasteiger partial charge in [-0.3, -0.25) is 9.80 Å². The number of halogens is 2. The first kappa shape index (κ1) is 26.1. The van der Waals surface area contributed by atoms with Gasteiger partial charge in [0.05, 0.1) is 0 Å². The fourth-order valence-electron chi connectivity index (χ4n) is 4.24. The zero-order chi connectivity index (χ0) is 25.3. The van der Waals surface area contributed by atoms with Gasteiger partial charge in [0.15, 0.2) is 0 Å². The summed E-state index contributed by atoms with van der Waals surface area (Å²) in [5.74, 6) is 0.477. The Hall–Kier alpha value is -3.02. The van der Waals surface area contributed by atoms with Crippen molar-refractivity contribution in [3.8, 4) is 11.5 Å². The molecule has 0 atom stereocenters. The molecule has 4 rings (SSSR count). The molecule has 6 heteroatoms.